The van der Waals surface area contributed by atoms with Crippen molar-refractivity contribution < 1.29 is 0 Å². The summed E-state index contributed by atoms with van der Waals surface area (Å²) in [4.78, 5) is 10.9. The van der Waals surface area contributed by atoms with Gasteiger partial charge in [0, 0.05) is 38.6 Å². The lowest BCUT2D eigenvalue weighted by Gasteiger charge is -2.28. The van der Waals surface area contributed by atoms with Gasteiger partial charge in [-0.25, -0.2) is 0 Å². The fourth-order valence-corrected chi connectivity index (χ4v) is 6.94. The Morgan fingerprint density at radius 1 is 0.389 bits per heavy atom. The Morgan fingerprint density at radius 2 is 0.667 bits per heavy atom. The molecule has 4 nitrogen and oxygen atoms in total. The van der Waals surface area contributed by atoms with Crippen molar-refractivity contribution in [3.8, 4) is 0 Å². The van der Waals surface area contributed by atoms with Crippen LogP contribution in [0.5, 0.6) is 0 Å². The molecule has 4 aromatic rings. The van der Waals surface area contributed by atoms with Crippen LogP contribution < -0.4 is 0 Å². The van der Waals surface area contributed by atoms with E-state index in [2.05, 4.69) is 123 Å². The number of aromatic nitrogens is 1. The monoisotopic (exact) mass is 1000 g/mol. The number of piperidine rings is 1. The Hall–Kier alpha value is -3.31. The summed E-state index contributed by atoms with van der Waals surface area (Å²) in [5.41, 5.74) is 2.85. The number of hydrogen-bond donors (Lipinski definition) is 0. The summed E-state index contributed by atoms with van der Waals surface area (Å²) in [6, 6.07) is 38.7. The molecule has 0 atom stereocenters. The van der Waals surface area contributed by atoms with Crippen LogP contribution in [0.3, 0.4) is 0 Å². The van der Waals surface area contributed by atoms with E-state index in [1.807, 2.05) is 88.4 Å². The molecule has 0 unspecified atom stereocenters. The first-order chi connectivity index (χ1) is 33.4. The van der Waals surface area contributed by atoms with E-state index in [1.165, 1.54) is 185 Å². The fourth-order valence-electron chi connectivity index (χ4n) is 6.94. The number of rotatable bonds is 4. The second-order valence-electron chi connectivity index (χ2n) is 18.6. The zero-order chi connectivity index (χ0) is 50.4. The molecule has 0 spiro atoms. The Labute approximate surface area is 455 Å². The van der Waals surface area contributed by atoms with Crippen LogP contribution in [0.15, 0.2) is 128 Å². The molecule has 4 heteroatoms. The minimum atomic E-state index is 0. The first-order valence-corrected chi connectivity index (χ1v) is 28.4. The highest BCUT2D eigenvalue weighted by Crippen LogP contribution is 2.31. The van der Waals surface area contributed by atoms with Crippen molar-refractivity contribution in [3.05, 3.63) is 139 Å². The Kier molecular flexibility index (Phi) is 73.1. The molecule has 6 aliphatic rings. The van der Waals surface area contributed by atoms with Crippen molar-refractivity contribution in [1.82, 2.24) is 19.7 Å². The highest BCUT2D eigenvalue weighted by molar-refractivity contribution is 5.14. The van der Waals surface area contributed by atoms with Crippen LogP contribution in [-0.4, -0.2) is 80.1 Å². The molecule has 2 saturated heterocycles. The normalized spacial score (nSPS) is 15.8. The quantitative estimate of drug-likeness (QED) is 0.203. The third kappa shape index (κ3) is 64.7. The van der Waals surface area contributed by atoms with Gasteiger partial charge in [-0.1, -0.05) is 304 Å². The van der Waals surface area contributed by atoms with Gasteiger partial charge < -0.3 is 14.7 Å². The molecule has 0 radical (unpaired) electrons. The van der Waals surface area contributed by atoms with Crippen LogP contribution in [-0.2, 0) is 12.8 Å². The molecule has 3 aromatic carbocycles. The van der Waals surface area contributed by atoms with Gasteiger partial charge in [0.2, 0.25) is 0 Å². The first-order valence-electron chi connectivity index (χ1n) is 28.4. The van der Waals surface area contributed by atoms with Gasteiger partial charge in [0.05, 0.1) is 0 Å². The lowest BCUT2D eigenvalue weighted by atomic mass is 10.0. The Balaban J connectivity index is -0.000000167. The van der Waals surface area contributed by atoms with Crippen molar-refractivity contribution in [3.63, 3.8) is 0 Å². The second kappa shape index (κ2) is 65.7. The Bertz CT molecular complexity index is 1290. The summed E-state index contributed by atoms with van der Waals surface area (Å²) >= 11 is 0. The molecule has 420 valence electrons. The molecule has 0 N–H and O–H groups in total. The fraction of sp³-hybridized carbons (Fsp3) is 0.662. The predicted octanol–water partition coefficient (Wildman–Crippen LogP) is 20.7. The predicted molar refractivity (Wildman–Crippen MR) is 335 cm³/mol. The third-order valence-electron chi connectivity index (χ3n) is 12.1. The van der Waals surface area contributed by atoms with Crippen LogP contribution >= 0.6 is 0 Å². The van der Waals surface area contributed by atoms with Gasteiger partial charge in [0.15, 0.2) is 0 Å². The van der Waals surface area contributed by atoms with Gasteiger partial charge in [0.1, 0.15) is 0 Å². The van der Waals surface area contributed by atoms with E-state index in [9.17, 15) is 0 Å². The number of likely N-dealkylation sites (N-methyl/N-ethyl adjacent to an activating group) is 2. The lowest BCUT2D eigenvalue weighted by Crippen LogP contribution is -2.42. The summed E-state index contributed by atoms with van der Waals surface area (Å²) in [6.45, 7) is 24.5. The minimum Gasteiger partial charge on any atom is -0.306 e. The maximum absolute atomic E-state index is 3.78. The SMILES string of the molecule is C.C.C.C.C1CCCC1.C1CCCCC1.CC.CC.CC1CC1.CCC1CC1.CCCc1ccccc1.CCc1ccccc1.CN1CCCCC1.CN1CCN(C)CC1.c1ccccc1.c1ccncc1. The van der Waals surface area contributed by atoms with Gasteiger partial charge in [-0.05, 0) is 95.0 Å². The number of hydrogen-bond acceptors (Lipinski definition) is 4. The van der Waals surface area contributed by atoms with E-state index < -0.39 is 0 Å². The minimum absolute atomic E-state index is 0. The topological polar surface area (TPSA) is 22.6 Å². The number of likely N-dealkylation sites (tertiary alicyclic amines) is 1. The van der Waals surface area contributed by atoms with E-state index in [0.717, 1.165) is 18.3 Å². The molecular formula is C68H128N4. The Morgan fingerprint density at radius 3 is 0.847 bits per heavy atom. The van der Waals surface area contributed by atoms with E-state index in [1.54, 1.807) is 12.4 Å². The van der Waals surface area contributed by atoms with Gasteiger partial charge in [-0.2, -0.15) is 0 Å². The van der Waals surface area contributed by atoms with Gasteiger partial charge in [-0.15, -0.1) is 0 Å². The van der Waals surface area contributed by atoms with Crippen LogP contribution in [0.1, 0.15) is 225 Å². The highest BCUT2D eigenvalue weighted by atomic mass is 15.2. The molecule has 10 rings (SSSR count). The smallest absolute Gasteiger partial charge is 0.0267 e. The van der Waals surface area contributed by atoms with Crippen LogP contribution in [0.4, 0.5) is 0 Å². The van der Waals surface area contributed by atoms with Gasteiger partial charge >= 0.3 is 0 Å². The molecule has 3 heterocycles. The molecule has 72 heavy (non-hydrogen) atoms. The van der Waals surface area contributed by atoms with Crippen LogP contribution in [0.25, 0.3) is 0 Å². The second-order valence-corrected chi connectivity index (χ2v) is 18.6. The summed E-state index contributed by atoms with van der Waals surface area (Å²) in [5.74, 6) is 2.22. The number of nitrogens with zero attached hydrogens (tertiary/aromatic N) is 4. The summed E-state index contributed by atoms with van der Waals surface area (Å²) < 4.78 is 0. The number of piperazine rings is 1. The highest BCUT2D eigenvalue weighted by Gasteiger charge is 2.17. The van der Waals surface area contributed by atoms with E-state index in [4.69, 9.17) is 0 Å². The molecular weight excluding hydrogens is 873 g/mol. The van der Waals surface area contributed by atoms with E-state index >= 15 is 0 Å². The molecule has 0 bridgehead atoms. The number of pyridine rings is 1. The molecule has 4 aliphatic carbocycles. The maximum Gasteiger partial charge on any atom is 0.0267 e. The van der Waals surface area contributed by atoms with E-state index in [-0.39, 0.29) is 29.7 Å². The molecule has 6 fully saturated rings. The first kappa shape index (κ1) is 80.1. The zero-order valence-corrected chi connectivity index (χ0v) is 46.9. The molecule has 0 amide bonds. The zero-order valence-electron chi connectivity index (χ0n) is 46.9. The molecule has 2 aliphatic heterocycles. The van der Waals surface area contributed by atoms with Gasteiger partial charge in [-0.3, -0.25) is 4.98 Å². The largest absolute Gasteiger partial charge is 0.306 e. The number of aryl methyl sites for hydroxylation is 2. The lowest BCUT2D eigenvalue weighted by molar-refractivity contribution is 0.181. The van der Waals surface area contributed by atoms with Crippen LogP contribution in [0, 0.1) is 11.8 Å². The molecule has 1 aromatic heterocycles. The summed E-state index contributed by atoms with van der Waals surface area (Å²) in [7, 11) is 6.54. The maximum atomic E-state index is 3.78. The average Bonchev–Trinajstić information content (AvgIpc) is 4.37. The summed E-state index contributed by atoms with van der Waals surface area (Å²) in [5, 5.41) is 0. The third-order valence-corrected chi connectivity index (χ3v) is 12.1. The van der Waals surface area contributed by atoms with Crippen molar-refractivity contribution in [2.75, 3.05) is 60.4 Å². The van der Waals surface area contributed by atoms with Crippen molar-refractivity contribution >= 4 is 0 Å². The van der Waals surface area contributed by atoms with Crippen molar-refractivity contribution in [2.24, 2.45) is 11.8 Å². The van der Waals surface area contributed by atoms with E-state index in [0.29, 0.717) is 0 Å². The summed E-state index contributed by atoms with van der Waals surface area (Å²) in [6.07, 6.45) is 35.3. The van der Waals surface area contributed by atoms with Crippen molar-refractivity contribution in [1.29, 1.82) is 0 Å². The van der Waals surface area contributed by atoms with Gasteiger partial charge in [0.25, 0.3) is 0 Å². The standard InChI is InChI=1S/C9H12.C8H10.C6H14N2.C6H13N.C6H12.C6H6.C5H5N.2C5H10.C4H8.2C2H6.4CH4/c1-2-6-9-7-4-3-5-8-9;1-2-8-6-4-3-5-7-8;1-7-3-5-8(2)6-4-7;1-7-5-3-2-4-6-7;3*1-2-4-6-5-3-1;1-2-5-3-4-5;1-2-4-5-3-1;1-4-2-3-4;2*1-2;;;;/h3-5,7-8H,2,6H2,1H3;3-7H,2H2,1H3;3-6H2,1-2H3;2-6H2,1H3;1-6H2;1-6H;1-5H;5H,2-4H2,1H3;1-5H2;4H,2-3H2,1H3;2*1-2H3;4*1H4. The molecule has 4 saturated carbocycles. The van der Waals surface area contributed by atoms with Crippen molar-refractivity contribution in [2.45, 2.75) is 226 Å². The van der Waals surface area contributed by atoms with Crippen LogP contribution in [0.2, 0.25) is 0 Å². The number of benzene rings is 3. The average molecular weight is 1000 g/mol.